The Bertz CT molecular complexity index is 245. The molecule has 1 aliphatic carbocycles. The smallest absolute Gasteiger partial charge is 0.0608 e. The zero-order valence-electron chi connectivity index (χ0n) is 14.7. The van der Waals surface area contributed by atoms with E-state index in [2.05, 4.69) is 26.1 Å². The fourth-order valence-corrected chi connectivity index (χ4v) is 3.31. The van der Waals surface area contributed by atoms with Crippen molar-refractivity contribution in [2.75, 3.05) is 32.9 Å². The molecule has 1 aliphatic rings. The van der Waals surface area contributed by atoms with E-state index in [0.717, 1.165) is 57.1 Å². The summed E-state index contributed by atoms with van der Waals surface area (Å²) in [5.41, 5.74) is 0. The number of rotatable bonds is 11. The Balaban J connectivity index is 2.04. The van der Waals surface area contributed by atoms with Crippen LogP contribution in [-0.2, 0) is 9.47 Å². The van der Waals surface area contributed by atoms with Gasteiger partial charge in [0.25, 0.3) is 0 Å². The second kappa shape index (κ2) is 11.4. The van der Waals surface area contributed by atoms with E-state index in [9.17, 15) is 0 Å². The van der Waals surface area contributed by atoms with Crippen molar-refractivity contribution in [1.29, 1.82) is 0 Å². The number of hydrogen-bond acceptors (Lipinski definition) is 3. The lowest BCUT2D eigenvalue weighted by Gasteiger charge is -2.37. The number of hydrogen-bond donors (Lipinski definition) is 1. The molecular weight excluding hydrogens is 262 g/mol. The average molecular weight is 299 g/mol. The first-order valence-corrected chi connectivity index (χ1v) is 9.05. The molecule has 3 nitrogen and oxygen atoms in total. The first-order chi connectivity index (χ1) is 10.1. The summed E-state index contributed by atoms with van der Waals surface area (Å²) in [6.07, 6.45) is 6.78. The molecule has 0 saturated heterocycles. The largest absolute Gasteiger partial charge is 0.382 e. The van der Waals surface area contributed by atoms with Crippen LogP contribution in [-0.4, -0.2) is 39.0 Å². The fraction of sp³-hybridized carbons (Fsp3) is 1.00. The van der Waals surface area contributed by atoms with E-state index in [4.69, 9.17) is 9.47 Å². The molecule has 0 radical (unpaired) electrons. The molecule has 3 atom stereocenters. The molecule has 1 rings (SSSR count). The van der Waals surface area contributed by atoms with Gasteiger partial charge in [-0.2, -0.15) is 0 Å². The predicted octanol–water partition coefficient (Wildman–Crippen LogP) is 3.87. The van der Waals surface area contributed by atoms with Gasteiger partial charge in [0, 0.05) is 19.8 Å². The molecule has 0 aromatic rings. The maximum atomic E-state index is 6.19. The summed E-state index contributed by atoms with van der Waals surface area (Å²) >= 11 is 0. The number of unbranched alkanes of at least 4 members (excludes halogenated alkanes) is 1. The highest BCUT2D eigenvalue weighted by Gasteiger charge is 2.31. The van der Waals surface area contributed by atoms with Gasteiger partial charge in [0.1, 0.15) is 0 Å². The van der Waals surface area contributed by atoms with Gasteiger partial charge in [0.2, 0.25) is 0 Å². The lowest BCUT2D eigenvalue weighted by atomic mass is 9.75. The minimum Gasteiger partial charge on any atom is -0.382 e. The van der Waals surface area contributed by atoms with Crippen LogP contribution < -0.4 is 5.32 Å². The Hall–Kier alpha value is -0.120. The zero-order valence-corrected chi connectivity index (χ0v) is 14.7. The molecule has 126 valence electrons. The summed E-state index contributed by atoms with van der Waals surface area (Å²) < 4.78 is 11.5. The minimum atomic E-state index is 0.480. The fourth-order valence-electron chi connectivity index (χ4n) is 3.31. The van der Waals surface area contributed by atoms with Crippen LogP contribution in [0.5, 0.6) is 0 Å². The zero-order chi connectivity index (χ0) is 15.5. The Labute approximate surface area is 132 Å². The van der Waals surface area contributed by atoms with Crippen LogP contribution in [0.4, 0.5) is 0 Å². The van der Waals surface area contributed by atoms with E-state index >= 15 is 0 Å². The van der Waals surface area contributed by atoms with Gasteiger partial charge in [-0.05, 0) is 56.9 Å². The normalized spacial score (nSPS) is 26.4. The van der Waals surface area contributed by atoms with E-state index in [0.29, 0.717) is 6.10 Å². The summed E-state index contributed by atoms with van der Waals surface area (Å²) in [5.74, 6) is 2.33. The lowest BCUT2D eigenvalue weighted by Crippen LogP contribution is -2.36. The molecule has 0 aromatic heterocycles. The van der Waals surface area contributed by atoms with Crippen LogP contribution in [0.25, 0.3) is 0 Å². The maximum Gasteiger partial charge on any atom is 0.0608 e. The van der Waals surface area contributed by atoms with Crippen LogP contribution >= 0.6 is 0 Å². The van der Waals surface area contributed by atoms with Crippen LogP contribution in [0.1, 0.15) is 59.8 Å². The van der Waals surface area contributed by atoms with Crippen LogP contribution in [0.3, 0.4) is 0 Å². The molecular formula is C18H37NO2. The topological polar surface area (TPSA) is 30.5 Å². The quantitative estimate of drug-likeness (QED) is 0.587. The first-order valence-electron chi connectivity index (χ1n) is 9.05. The first kappa shape index (κ1) is 18.9. The van der Waals surface area contributed by atoms with Crippen LogP contribution in [0, 0.1) is 17.8 Å². The highest BCUT2D eigenvalue weighted by atomic mass is 16.5. The van der Waals surface area contributed by atoms with Crippen LogP contribution in [0.15, 0.2) is 0 Å². The SMILES string of the molecule is CCOCCCCNCCOC1CC(C)CCC1C(C)C. The van der Waals surface area contributed by atoms with Crippen molar-refractivity contribution >= 4 is 0 Å². The molecule has 0 bridgehead atoms. The summed E-state index contributed by atoms with van der Waals surface area (Å²) in [6, 6.07) is 0. The molecule has 0 aliphatic heterocycles. The average Bonchev–Trinajstić information content (AvgIpc) is 2.45. The van der Waals surface area contributed by atoms with Crippen molar-refractivity contribution in [2.24, 2.45) is 17.8 Å². The van der Waals surface area contributed by atoms with Crippen molar-refractivity contribution in [1.82, 2.24) is 5.32 Å². The summed E-state index contributed by atoms with van der Waals surface area (Å²) in [7, 11) is 0. The Kier molecular flexibility index (Phi) is 10.3. The Morgan fingerprint density at radius 1 is 1.10 bits per heavy atom. The van der Waals surface area contributed by atoms with E-state index in [-0.39, 0.29) is 0 Å². The van der Waals surface area contributed by atoms with Crippen molar-refractivity contribution in [3.63, 3.8) is 0 Å². The standard InChI is InChI=1S/C18H37NO2/c1-5-20-12-7-6-10-19-11-13-21-18-14-16(4)8-9-17(18)15(2)3/h15-19H,5-14H2,1-4H3. The molecule has 0 spiro atoms. The van der Waals surface area contributed by atoms with Gasteiger partial charge in [-0.25, -0.2) is 0 Å². The van der Waals surface area contributed by atoms with Gasteiger partial charge in [-0.3, -0.25) is 0 Å². The van der Waals surface area contributed by atoms with Gasteiger partial charge >= 0.3 is 0 Å². The maximum absolute atomic E-state index is 6.19. The second-order valence-corrected chi connectivity index (χ2v) is 6.89. The monoisotopic (exact) mass is 299 g/mol. The molecule has 1 saturated carbocycles. The van der Waals surface area contributed by atoms with E-state index in [1.54, 1.807) is 0 Å². The molecule has 3 unspecified atom stereocenters. The predicted molar refractivity (Wildman–Crippen MR) is 89.7 cm³/mol. The van der Waals surface area contributed by atoms with Gasteiger partial charge < -0.3 is 14.8 Å². The number of nitrogens with one attached hydrogen (secondary N) is 1. The van der Waals surface area contributed by atoms with E-state index in [1.807, 2.05) is 6.92 Å². The summed E-state index contributed by atoms with van der Waals surface area (Å²) in [4.78, 5) is 0. The lowest BCUT2D eigenvalue weighted by molar-refractivity contribution is -0.0367. The Morgan fingerprint density at radius 3 is 2.62 bits per heavy atom. The highest BCUT2D eigenvalue weighted by Crippen LogP contribution is 2.35. The van der Waals surface area contributed by atoms with Gasteiger partial charge in [0.05, 0.1) is 12.7 Å². The second-order valence-electron chi connectivity index (χ2n) is 6.89. The molecule has 0 heterocycles. The third kappa shape index (κ3) is 8.18. The molecule has 3 heteroatoms. The molecule has 0 amide bonds. The minimum absolute atomic E-state index is 0.480. The highest BCUT2D eigenvalue weighted by molar-refractivity contribution is 4.81. The van der Waals surface area contributed by atoms with Crippen molar-refractivity contribution in [3.8, 4) is 0 Å². The molecule has 1 fully saturated rings. The molecule has 1 N–H and O–H groups in total. The van der Waals surface area contributed by atoms with Gasteiger partial charge in [-0.15, -0.1) is 0 Å². The van der Waals surface area contributed by atoms with Crippen LogP contribution in [0.2, 0.25) is 0 Å². The van der Waals surface area contributed by atoms with Crippen molar-refractivity contribution in [2.45, 2.75) is 65.9 Å². The molecule has 21 heavy (non-hydrogen) atoms. The third-order valence-corrected chi connectivity index (χ3v) is 4.67. The summed E-state index contributed by atoms with van der Waals surface area (Å²) in [6.45, 7) is 13.7. The third-order valence-electron chi connectivity index (χ3n) is 4.67. The number of ether oxygens (including phenoxy) is 2. The molecule has 0 aromatic carbocycles. The Morgan fingerprint density at radius 2 is 1.90 bits per heavy atom. The van der Waals surface area contributed by atoms with E-state index < -0.39 is 0 Å². The van der Waals surface area contributed by atoms with Crippen molar-refractivity contribution in [3.05, 3.63) is 0 Å². The van der Waals surface area contributed by atoms with Gasteiger partial charge in [0.15, 0.2) is 0 Å². The van der Waals surface area contributed by atoms with E-state index in [1.165, 1.54) is 25.7 Å². The van der Waals surface area contributed by atoms with Crippen molar-refractivity contribution < 1.29 is 9.47 Å². The summed E-state index contributed by atoms with van der Waals surface area (Å²) in [5, 5.41) is 3.48. The van der Waals surface area contributed by atoms with Gasteiger partial charge in [-0.1, -0.05) is 27.2 Å².